The van der Waals surface area contributed by atoms with Crippen LogP contribution < -0.4 is 14.8 Å². The van der Waals surface area contributed by atoms with Crippen LogP contribution in [-0.2, 0) is 9.53 Å². The van der Waals surface area contributed by atoms with Crippen molar-refractivity contribution in [3.63, 3.8) is 0 Å². The lowest BCUT2D eigenvalue weighted by molar-refractivity contribution is -0.141. The number of nitrogens with one attached hydrogen (secondary N) is 1. The monoisotopic (exact) mass is 375 g/mol. The first kappa shape index (κ1) is 19.5. The van der Waals surface area contributed by atoms with Gasteiger partial charge in [0, 0.05) is 6.54 Å². The van der Waals surface area contributed by atoms with Gasteiger partial charge in [-0.1, -0.05) is 12.1 Å². The van der Waals surface area contributed by atoms with Gasteiger partial charge in [-0.25, -0.2) is 0 Å². The molecule has 1 aromatic carbocycles. The lowest BCUT2D eigenvalue weighted by Crippen LogP contribution is -2.31. The topological polar surface area (TPSA) is 56.8 Å². The maximum Gasteiger partial charge on any atom is 0.387 e. The molecule has 1 heterocycles. The van der Waals surface area contributed by atoms with Crippen LogP contribution in [0.2, 0.25) is 0 Å². The van der Waals surface area contributed by atoms with Crippen molar-refractivity contribution in [2.24, 2.45) is 5.92 Å². The van der Waals surface area contributed by atoms with Gasteiger partial charge < -0.3 is 14.2 Å². The minimum atomic E-state index is -2.91. The van der Waals surface area contributed by atoms with E-state index in [9.17, 15) is 13.6 Å². The molecule has 0 radical (unpaired) electrons. The highest BCUT2D eigenvalue weighted by atomic mass is 35.5. The van der Waals surface area contributed by atoms with Crippen molar-refractivity contribution in [1.29, 1.82) is 0 Å². The molecule has 5 nitrogen and oxygen atoms in total. The van der Waals surface area contributed by atoms with E-state index in [1.54, 1.807) is 18.2 Å². The first-order chi connectivity index (χ1) is 11.6. The molecule has 1 N–H and O–H groups in total. The highest BCUT2D eigenvalue weighted by Gasteiger charge is 2.25. The molecule has 138 valence electrons. The highest BCUT2D eigenvalue weighted by molar-refractivity contribution is 5.85. The first-order valence-corrected chi connectivity index (χ1v) is 7.80. The van der Waals surface area contributed by atoms with Gasteiger partial charge in [0.05, 0.1) is 13.7 Å². The number of carbonyl (C=O) groups excluding carboxylic acids is 1. The van der Waals surface area contributed by atoms with Crippen molar-refractivity contribution in [2.75, 3.05) is 20.3 Å². The van der Waals surface area contributed by atoms with Gasteiger partial charge in [-0.3, -0.25) is 10.1 Å². The molecular formula is C17H20ClF2NO4. The lowest BCUT2D eigenvalue weighted by atomic mass is 10.1. The molecule has 0 amide bonds. The number of alkyl halides is 2. The molecule has 2 aliphatic rings. The molecule has 3 rings (SSSR count). The Morgan fingerprint density at radius 1 is 1.32 bits per heavy atom. The zero-order valence-corrected chi connectivity index (χ0v) is 14.5. The Morgan fingerprint density at radius 3 is 2.72 bits per heavy atom. The summed E-state index contributed by atoms with van der Waals surface area (Å²) in [5, 5.41) is 3.02. The van der Waals surface area contributed by atoms with Crippen LogP contribution in [0.4, 0.5) is 8.78 Å². The Labute approximate surface area is 150 Å². The zero-order chi connectivity index (χ0) is 17.1. The van der Waals surface area contributed by atoms with E-state index in [2.05, 4.69) is 10.1 Å². The summed E-state index contributed by atoms with van der Waals surface area (Å²) < 4.78 is 40.0. The zero-order valence-electron chi connectivity index (χ0n) is 13.7. The number of ether oxygens (including phenoxy) is 3. The molecule has 1 saturated carbocycles. The summed E-state index contributed by atoms with van der Waals surface area (Å²) in [7, 11) is 1.33. The molecule has 0 spiro atoms. The average molecular weight is 376 g/mol. The predicted molar refractivity (Wildman–Crippen MR) is 90.3 cm³/mol. The van der Waals surface area contributed by atoms with Crippen LogP contribution in [0.5, 0.6) is 11.5 Å². The number of hydrogen-bond donors (Lipinski definition) is 1. The van der Waals surface area contributed by atoms with Crippen molar-refractivity contribution in [3.8, 4) is 11.5 Å². The van der Waals surface area contributed by atoms with Gasteiger partial charge in [0.2, 0.25) is 0 Å². The Bertz CT molecular complexity index is 650. The van der Waals surface area contributed by atoms with Crippen LogP contribution in [0.15, 0.2) is 24.3 Å². The van der Waals surface area contributed by atoms with E-state index in [4.69, 9.17) is 9.47 Å². The Balaban J connectivity index is 0.00000225. The third-order valence-electron chi connectivity index (χ3n) is 4.04. The smallest absolute Gasteiger partial charge is 0.387 e. The molecule has 0 bridgehead atoms. The SMILES string of the molecule is COC(=O)[C@@H]1C=C(c2ccc(OC(F)F)c(OCC3CC3)c2)CN1.Cl. The van der Waals surface area contributed by atoms with Crippen LogP contribution in [0.25, 0.3) is 5.57 Å². The minimum Gasteiger partial charge on any atom is -0.489 e. The maximum absolute atomic E-state index is 12.5. The van der Waals surface area contributed by atoms with Crippen LogP contribution >= 0.6 is 12.4 Å². The summed E-state index contributed by atoms with van der Waals surface area (Å²) >= 11 is 0. The second-order valence-electron chi connectivity index (χ2n) is 5.87. The van der Waals surface area contributed by atoms with E-state index in [-0.39, 0.29) is 24.1 Å². The number of halogens is 3. The quantitative estimate of drug-likeness (QED) is 0.742. The normalized spacial score (nSPS) is 19.2. The molecule has 25 heavy (non-hydrogen) atoms. The van der Waals surface area contributed by atoms with E-state index >= 15 is 0 Å². The number of benzene rings is 1. The molecule has 0 unspecified atom stereocenters. The predicted octanol–water partition coefficient (Wildman–Crippen LogP) is 3.03. The summed E-state index contributed by atoms with van der Waals surface area (Å²) in [6.45, 7) is -1.93. The Hall–Kier alpha value is -1.86. The fourth-order valence-corrected chi connectivity index (χ4v) is 2.52. The number of esters is 1. The molecule has 1 aliphatic heterocycles. The highest BCUT2D eigenvalue weighted by Crippen LogP contribution is 2.35. The van der Waals surface area contributed by atoms with Crippen molar-refractivity contribution >= 4 is 23.9 Å². The van der Waals surface area contributed by atoms with E-state index in [0.29, 0.717) is 24.8 Å². The summed E-state index contributed by atoms with van der Waals surface area (Å²) in [4.78, 5) is 11.6. The average Bonchev–Trinajstić information content (AvgIpc) is 3.27. The van der Waals surface area contributed by atoms with Crippen LogP contribution in [0.3, 0.4) is 0 Å². The lowest BCUT2D eigenvalue weighted by Gasteiger charge is -2.14. The number of hydrogen-bond acceptors (Lipinski definition) is 5. The molecule has 8 heteroatoms. The van der Waals surface area contributed by atoms with E-state index in [1.807, 2.05) is 0 Å². The molecule has 1 aliphatic carbocycles. The van der Waals surface area contributed by atoms with Gasteiger partial charge in [-0.15, -0.1) is 12.4 Å². The molecular weight excluding hydrogens is 356 g/mol. The molecule has 1 aromatic rings. The fraction of sp³-hybridized carbons (Fsp3) is 0.471. The van der Waals surface area contributed by atoms with Gasteiger partial charge in [0.15, 0.2) is 11.5 Å². The van der Waals surface area contributed by atoms with Crippen LogP contribution in [-0.4, -0.2) is 38.9 Å². The summed E-state index contributed by atoms with van der Waals surface area (Å²) in [5.74, 6) is 0.435. The van der Waals surface area contributed by atoms with Crippen LogP contribution in [0, 0.1) is 5.92 Å². The third-order valence-corrected chi connectivity index (χ3v) is 4.04. The van der Waals surface area contributed by atoms with E-state index < -0.39 is 12.7 Å². The molecule has 0 aromatic heterocycles. The second kappa shape index (κ2) is 8.49. The number of rotatable bonds is 7. The standard InChI is InChI=1S/C17H19F2NO4.ClH/c1-22-16(21)13-6-12(8-20-13)11-4-5-14(24-17(18)19)15(7-11)23-9-10-2-3-10;/h4-7,10,13,17,20H,2-3,8-9H2,1H3;1H/t13-;/m0./s1. The van der Waals surface area contributed by atoms with Crippen molar-refractivity contribution in [1.82, 2.24) is 5.32 Å². The van der Waals surface area contributed by atoms with Crippen LogP contribution in [0.1, 0.15) is 18.4 Å². The van der Waals surface area contributed by atoms with Gasteiger partial charge in [-0.05, 0) is 42.0 Å². The van der Waals surface area contributed by atoms with E-state index in [0.717, 1.165) is 24.0 Å². The third kappa shape index (κ3) is 5.06. The van der Waals surface area contributed by atoms with Gasteiger partial charge >= 0.3 is 12.6 Å². The Kier molecular flexibility index (Phi) is 6.61. The van der Waals surface area contributed by atoms with Gasteiger partial charge in [0.25, 0.3) is 0 Å². The first-order valence-electron chi connectivity index (χ1n) is 7.80. The van der Waals surface area contributed by atoms with Gasteiger partial charge in [-0.2, -0.15) is 8.78 Å². The number of methoxy groups -OCH3 is 1. The van der Waals surface area contributed by atoms with Crippen molar-refractivity contribution in [2.45, 2.75) is 25.5 Å². The minimum absolute atomic E-state index is 0. The second-order valence-corrected chi connectivity index (χ2v) is 5.87. The summed E-state index contributed by atoms with van der Waals surface area (Å²) in [5.41, 5.74) is 1.67. The molecule has 1 atom stereocenters. The summed E-state index contributed by atoms with van der Waals surface area (Å²) in [6, 6.07) is 4.32. The fourth-order valence-electron chi connectivity index (χ4n) is 2.52. The molecule has 1 fully saturated rings. The van der Waals surface area contributed by atoms with Gasteiger partial charge in [0.1, 0.15) is 6.04 Å². The van der Waals surface area contributed by atoms with E-state index in [1.165, 1.54) is 13.2 Å². The van der Waals surface area contributed by atoms with Crippen molar-refractivity contribution in [3.05, 3.63) is 29.8 Å². The van der Waals surface area contributed by atoms with Crippen molar-refractivity contribution < 1.29 is 27.8 Å². The number of carbonyl (C=O) groups is 1. The maximum atomic E-state index is 12.5. The molecule has 0 saturated heterocycles. The largest absolute Gasteiger partial charge is 0.489 e. The Morgan fingerprint density at radius 2 is 2.08 bits per heavy atom. The summed E-state index contributed by atoms with van der Waals surface area (Å²) in [6.07, 6.45) is 3.96.